The van der Waals surface area contributed by atoms with E-state index in [1.807, 2.05) is 0 Å². The fourth-order valence-corrected chi connectivity index (χ4v) is 1.72. The molecule has 21 heavy (non-hydrogen) atoms. The average Bonchev–Trinajstić information content (AvgIpc) is 2.49. The molecule has 1 aliphatic rings. The molecule has 104 valence electrons. The molecule has 1 aliphatic carbocycles. The number of nitrogens with zero attached hydrogens (tertiary/aromatic N) is 4. The third-order valence-electron chi connectivity index (χ3n) is 2.88. The van der Waals surface area contributed by atoms with E-state index in [1.165, 1.54) is 12.1 Å². The molecule has 0 aliphatic heterocycles. The molecular weight excluding hydrogens is 288 g/mol. The normalized spacial score (nSPS) is 18.5. The molecule has 0 atom stereocenters. The van der Waals surface area contributed by atoms with Crippen LogP contribution in [0.15, 0.2) is 34.5 Å². The van der Waals surface area contributed by atoms with Gasteiger partial charge < -0.3 is 0 Å². The first-order valence-electron chi connectivity index (χ1n) is 5.27. The molecule has 0 spiro atoms. The van der Waals surface area contributed by atoms with Crippen molar-refractivity contribution in [2.45, 2.75) is 6.92 Å². The number of hydrogen-bond donors (Lipinski definition) is 0. The topological polar surface area (TPSA) is 95.2 Å². The average molecular weight is 292 g/mol. The summed E-state index contributed by atoms with van der Waals surface area (Å²) in [6, 6.07) is 4.79. The van der Waals surface area contributed by atoms with Gasteiger partial charge in [-0.25, -0.2) is 17.6 Å². The van der Waals surface area contributed by atoms with Gasteiger partial charge in [-0.05, 0) is 6.92 Å². The molecule has 0 heterocycles. The molecule has 0 aromatic heterocycles. The van der Waals surface area contributed by atoms with Crippen molar-refractivity contribution < 1.29 is 17.6 Å². The molecule has 0 saturated carbocycles. The summed E-state index contributed by atoms with van der Waals surface area (Å²) >= 11 is 0. The van der Waals surface area contributed by atoms with Gasteiger partial charge in [0, 0.05) is 0 Å². The highest BCUT2D eigenvalue weighted by Gasteiger charge is 2.48. The van der Waals surface area contributed by atoms with Crippen molar-refractivity contribution in [3.8, 4) is 24.3 Å². The van der Waals surface area contributed by atoms with Gasteiger partial charge in [-0.2, -0.15) is 21.0 Å². The Morgan fingerprint density at radius 1 is 0.905 bits per heavy atom. The van der Waals surface area contributed by atoms with Crippen molar-refractivity contribution in [2.75, 3.05) is 0 Å². The second-order valence-corrected chi connectivity index (χ2v) is 4.16. The number of nitriles is 4. The van der Waals surface area contributed by atoms with Crippen LogP contribution in [0.1, 0.15) is 6.92 Å². The van der Waals surface area contributed by atoms with E-state index in [-0.39, 0.29) is 0 Å². The summed E-state index contributed by atoms with van der Waals surface area (Å²) in [6.07, 6.45) is 0. The van der Waals surface area contributed by atoms with Crippen molar-refractivity contribution in [2.24, 2.45) is 11.3 Å². The molecule has 0 amide bonds. The maximum atomic E-state index is 13.9. The predicted octanol–water partition coefficient (Wildman–Crippen LogP) is 3.31. The van der Waals surface area contributed by atoms with E-state index in [4.69, 9.17) is 21.0 Å². The molecule has 0 bridgehead atoms. The number of rotatable bonds is 1. The fourth-order valence-electron chi connectivity index (χ4n) is 1.72. The van der Waals surface area contributed by atoms with Gasteiger partial charge in [0.15, 0.2) is 17.1 Å². The molecule has 0 N–H and O–H groups in total. The highest BCUT2D eigenvalue weighted by atomic mass is 19.2. The first kappa shape index (κ1) is 16.0. The quantitative estimate of drug-likeness (QED) is 0.547. The van der Waals surface area contributed by atoms with Crippen LogP contribution in [0.3, 0.4) is 0 Å². The number of halogens is 4. The van der Waals surface area contributed by atoms with Crippen LogP contribution in [0.4, 0.5) is 17.6 Å². The molecule has 4 nitrogen and oxygen atoms in total. The summed E-state index contributed by atoms with van der Waals surface area (Å²) in [5, 5.41) is 34.7. The first-order chi connectivity index (χ1) is 9.78. The molecule has 0 radical (unpaired) electrons. The minimum atomic E-state index is -2.41. The minimum absolute atomic E-state index is 0.807. The number of hydrogen-bond acceptors (Lipinski definition) is 4. The summed E-state index contributed by atoms with van der Waals surface area (Å²) in [6.45, 7) is 0.807. The molecule has 0 saturated heterocycles. The lowest BCUT2D eigenvalue weighted by atomic mass is 9.75. The fraction of sp³-hybridized carbons (Fsp3) is 0.231. The van der Waals surface area contributed by atoms with Gasteiger partial charge in [0.2, 0.25) is 0 Å². The van der Waals surface area contributed by atoms with Crippen LogP contribution in [-0.2, 0) is 0 Å². The van der Waals surface area contributed by atoms with Crippen molar-refractivity contribution >= 4 is 0 Å². The Kier molecular flexibility index (Phi) is 4.17. The monoisotopic (exact) mass is 292 g/mol. The standard InChI is InChI=1S/C13H4F4N4/c1-13(4-20,5-21)8-11(16)9(14)7(6(2-18)3-19)10(15)12(8)17/h8H,1H3. The number of allylic oxidation sites excluding steroid dienone is 6. The summed E-state index contributed by atoms with van der Waals surface area (Å²) in [4.78, 5) is 0. The Hall–Kier alpha value is -3.10. The zero-order chi connectivity index (χ0) is 16.4. The van der Waals surface area contributed by atoms with Crippen molar-refractivity contribution in [1.29, 1.82) is 21.0 Å². The van der Waals surface area contributed by atoms with E-state index in [2.05, 4.69) is 0 Å². The summed E-state index contributed by atoms with van der Waals surface area (Å²) in [5.41, 5.74) is -5.01. The van der Waals surface area contributed by atoms with E-state index in [0.29, 0.717) is 0 Å². The van der Waals surface area contributed by atoms with Crippen LogP contribution in [0.2, 0.25) is 0 Å². The van der Waals surface area contributed by atoms with Crippen LogP contribution < -0.4 is 0 Å². The Balaban J connectivity index is 3.77. The lowest BCUT2D eigenvalue weighted by Gasteiger charge is -2.26. The lowest BCUT2D eigenvalue weighted by Crippen LogP contribution is -2.29. The van der Waals surface area contributed by atoms with Gasteiger partial charge >= 0.3 is 0 Å². The second-order valence-electron chi connectivity index (χ2n) is 4.16. The maximum Gasteiger partial charge on any atom is 0.167 e. The van der Waals surface area contributed by atoms with E-state index < -0.39 is 45.8 Å². The third kappa shape index (κ3) is 2.24. The van der Waals surface area contributed by atoms with Crippen LogP contribution in [0.25, 0.3) is 0 Å². The summed E-state index contributed by atoms with van der Waals surface area (Å²) in [5.74, 6) is -10.2. The molecule has 0 aromatic rings. The minimum Gasteiger partial charge on any atom is -0.208 e. The molecule has 0 fully saturated rings. The third-order valence-corrected chi connectivity index (χ3v) is 2.88. The van der Waals surface area contributed by atoms with Gasteiger partial charge in [0.1, 0.15) is 35.3 Å². The smallest absolute Gasteiger partial charge is 0.167 e. The maximum absolute atomic E-state index is 13.9. The van der Waals surface area contributed by atoms with Gasteiger partial charge in [-0.15, -0.1) is 0 Å². The predicted molar refractivity (Wildman–Crippen MR) is 59.6 cm³/mol. The molecule has 0 aromatic carbocycles. The molecular formula is C13H4F4N4. The Bertz CT molecular complexity index is 704. The van der Waals surface area contributed by atoms with Gasteiger partial charge in [0.05, 0.1) is 17.7 Å². The van der Waals surface area contributed by atoms with E-state index >= 15 is 0 Å². The Morgan fingerprint density at radius 3 is 1.57 bits per heavy atom. The zero-order valence-electron chi connectivity index (χ0n) is 10.4. The SMILES string of the molecule is CC(C#N)(C#N)C1C(F)=C(F)C(=C(C#N)C#N)C(F)=C1F. The van der Waals surface area contributed by atoms with Crippen molar-refractivity contribution in [1.82, 2.24) is 0 Å². The highest BCUT2D eigenvalue weighted by molar-refractivity contribution is 5.59. The first-order valence-corrected chi connectivity index (χ1v) is 5.27. The lowest BCUT2D eigenvalue weighted by molar-refractivity contribution is 0.292. The Morgan fingerprint density at radius 2 is 1.29 bits per heavy atom. The van der Waals surface area contributed by atoms with Crippen LogP contribution in [-0.4, -0.2) is 0 Å². The molecule has 0 unspecified atom stereocenters. The van der Waals surface area contributed by atoms with Crippen LogP contribution in [0.5, 0.6) is 0 Å². The zero-order valence-corrected chi connectivity index (χ0v) is 10.4. The summed E-state index contributed by atoms with van der Waals surface area (Å²) in [7, 11) is 0. The van der Waals surface area contributed by atoms with Crippen LogP contribution in [0, 0.1) is 56.7 Å². The van der Waals surface area contributed by atoms with Gasteiger partial charge in [-0.1, -0.05) is 0 Å². The highest BCUT2D eigenvalue weighted by Crippen LogP contribution is 2.49. The van der Waals surface area contributed by atoms with Crippen molar-refractivity contribution in [3.63, 3.8) is 0 Å². The second kappa shape index (κ2) is 5.49. The molecule has 8 heteroatoms. The van der Waals surface area contributed by atoms with E-state index in [1.54, 1.807) is 0 Å². The molecule has 1 rings (SSSR count). The van der Waals surface area contributed by atoms with Crippen LogP contribution >= 0.6 is 0 Å². The summed E-state index contributed by atoms with van der Waals surface area (Å²) < 4.78 is 55.5. The largest absolute Gasteiger partial charge is 0.208 e. The van der Waals surface area contributed by atoms with E-state index in [9.17, 15) is 17.6 Å². The Labute approximate surface area is 116 Å². The van der Waals surface area contributed by atoms with Gasteiger partial charge in [-0.3, -0.25) is 0 Å². The van der Waals surface area contributed by atoms with Gasteiger partial charge in [0.25, 0.3) is 0 Å². The van der Waals surface area contributed by atoms with E-state index in [0.717, 1.165) is 19.1 Å². The van der Waals surface area contributed by atoms with Crippen molar-refractivity contribution in [3.05, 3.63) is 34.5 Å².